The molecule has 0 atom stereocenters. The van der Waals surface area contributed by atoms with E-state index in [2.05, 4.69) is 20.6 Å². The Morgan fingerprint density at radius 2 is 2.12 bits per heavy atom. The number of carbonyl (C=O) groups is 1. The van der Waals surface area contributed by atoms with Crippen LogP contribution in [0.3, 0.4) is 0 Å². The SMILES string of the molecule is CC(C)CNC(=O)n1ccc(-n2cnnc2)n1. The molecule has 1 N–H and O–H groups in total. The van der Waals surface area contributed by atoms with Gasteiger partial charge in [-0.15, -0.1) is 15.3 Å². The van der Waals surface area contributed by atoms with Gasteiger partial charge in [0.1, 0.15) is 12.7 Å². The van der Waals surface area contributed by atoms with Crippen molar-refractivity contribution in [2.75, 3.05) is 6.54 Å². The molecule has 0 unspecified atom stereocenters. The summed E-state index contributed by atoms with van der Waals surface area (Å²) in [6.45, 7) is 4.69. The fourth-order valence-electron chi connectivity index (χ4n) is 1.26. The summed E-state index contributed by atoms with van der Waals surface area (Å²) < 4.78 is 2.89. The third-order valence-electron chi connectivity index (χ3n) is 2.13. The summed E-state index contributed by atoms with van der Waals surface area (Å²) in [4.78, 5) is 11.7. The summed E-state index contributed by atoms with van der Waals surface area (Å²) >= 11 is 0. The third-order valence-corrected chi connectivity index (χ3v) is 2.13. The first-order valence-corrected chi connectivity index (χ1v) is 5.35. The van der Waals surface area contributed by atoms with Crippen molar-refractivity contribution in [3.05, 3.63) is 24.9 Å². The Kier molecular flexibility index (Phi) is 3.17. The third kappa shape index (κ3) is 2.68. The number of hydrogen-bond donors (Lipinski definition) is 1. The highest BCUT2D eigenvalue weighted by Gasteiger charge is 2.08. The highest BCUT2D eigenvalue weighted by atomic mass is 16.2. The second-order valence-corrected chi connectivity index (χ2v) is 4.07. The van der Waals surface area contributed by atoms with Crippen molar-refractivity contribution in [2.24, 2.45) is 5.92 Å². The second kappa shape index (κ2) is 4.77. The van der Waals surface area contributed by atoms with Crippen molar-refractivity contribution in [3.8, 4) is 5.82 Å². The minimum atomic E-state index is -0.238. The highest BCUT2D eigenvalue weighted by Crippen LogP contribution is 2.01. The van der Waals surface area contributed by atoms with Gasteiger partial charge in [0.15, 0.2) is 5.82 Å². The van der Waals surface area contributed by atoms with Crippen LogP contribution in [0.15, 0.2) is 24.9 Å². The number of nitrogens with one attached hydrogen (secondary N) is 1. The number of carbonyl (C=O) groups excluding carboxylic acids is 1. The monoisotopic (exact) mass is 234 g/mol. The number of amides is 1. The molecule has 2 aromatic heterocycles. The van der Waals surface area contributed by atoms with Crippen LogP contribution in [0.25, 0.3) is 5.82 Å². The minimum Gasteiger partial charge on any atom is -0.336 e. The molecule has 0 aliphatic heterocycles. The normalized spacial score (nSPS) is 10.8. The lowest BCUT2D eigenvalue weighted by Gasteiger charge is -2.06. The summed E-state index contributed by atoms with van der Waals surface area (Å²) in [6.07, 6.45) is 4.66. The minimum absolute atomic E-state index is 0.238. The van der Waals surface area contributed by atoms with Crippen molar-refractivity contribution < 1.29 is 4.79 Å². The molecule has 0 saturated heterocycles. The molecule has 0 aliphatic carbocycles. The summed E-state index contributed by atoms with van der Waals surface area (Å²) in [6, 6.07) is 1.48. The predicted molar refractivity (Wildman–Crippen MR) is 60.8 cm³/mol. The number of nitrogens with zero attached hydrogens (tertiary/aromatic N) is 5. The van der Waals surface area contributed by atoms with E-state index in [1.807, 2.05) is 13.8 Å². The summed E-state index contributed by atoms with van der Waals surface area (Å²) in [5.41, 5.74) is 0. The average molecular weight is 234 g/mol. The van der Waals surface area contributed by atoms with Crippen LogP contribution in [0.4, 0.5) is 4.79 Å². The molecule has 2 rings (SSSR count). The second-order valence-electron chi connectivity index (χ2n) is 4.07. The fourth-order valence-corrected chi connectivity index (χ4v) is 1.26. The van der Waals surface area contributed by atoms with Gasteiger partial charge in [-0.25, -0.2) is 4.79 Å². The molecule has 2 heterocycles. The predicted octanol–water partition coefficient (Wildman–Crippen LogP) is 0.677. The molecule has 7 nitrogen and oxygen atoms in total. The molecule has 0 aromatic carbocycles. The maximum Gasteiger partial charge on any atom is 0.342 e. The molecule has 0 bridgehead atoms. The van der Waals surface area contributed by atoms with Crippen LogP contribution < -0.4 is 5.32 Å². The molecule has 2 aromatic rings. The van der Waals surface area contributed by atoms with Gasteiger partial charge in [0.2, 0.25) is 0 Å². The maximum absolute atomic E-state index is 11.7. The summed E-state index contributed by atoms with van der Waals surface area (Å²) in [5.74, 6) is 1.02. The van der Waals surface area contributed by atoms with E-state index in [4.69, 9.17) is 0 Å². The smallest absolute Gasteiger partial charge is 0.336 e. The van der Waals surface area contributed by atoms with Crippen molar-refractivity contribution in [2.45, 2.75) is 13.8 Å². The number of hydrogen-bond acceptors (Lipinski definition) is 4. The van der Waals surface area contributed by atoms with Gasteiger partial charge in [0, 0.05) is 18.8 Å². The Labute approximate surface area is 98.5 Å². The molecule has 0 aliphatic rings. The number of aromatic nitrogens is 5. The molecular formula is C10H14N6O. The first-order chi connectivity index (χ1) is 8.16. The average Bonchev–Trinajstić information content (AvgIpc) is 2.94. The zero-order valence-electron chi connectivity index (χ0n) is 9.74. The lowest BCUT2D eigenvalue weighted by Crippen LogP contribution is -2.31. The molecule has 0 spiro atoms. The van der Waals surface area contributed by atoms with Crippen LogP contribution in [-0.2, 0) is 0 Å². The van der Waals surface area contributed by atoms with Gasteiger partial charge in [0.25, 0.3) is 0 Å². The Morgan fingerprint density at radius 3 is 2.76 bits per heavy atom. The van der Waals surface area contributed by atoms with Crippen molar-refractivity contribution >= 4 is 6.03 Å². The van der Waals surface area contributed by atoms with Crippen LogP contribution in [0, 0.1) is 5.92 Å². The lowest BCUT2D eigenvalue weighted by atomic mass is 10.2. The molecule has 90 valence electrons. The molecule has 0 saturated carbocycles. The maximum atomic E-state index is 11.7. The first-order valence-electron chi connectivity index (χ1n) is 5.35. The fraction of sp³-hybridized carbons (Fsp3) is 0.400. The van der Waals surface area contributed by atoms with Crippen LogP contribution in [0.1, 0.15) is 13.8 Å². The quantitative estimate of drug-likeness (QED) is 0.847. The van der Waals surface area contributed by atoms with Gasteiger partial charge in [-0.3, -0.25) is 4.57 Å². The molecule has 7 heteroatoms. The van der Waals surface area contributed by atoms with Crippen LogP contribution in [0.2, 0.25) is 0 Å². The van der Waals surface area contributed by atoms with Gasteiger partial charge in [-0.05, 0) is 5.92 Å². The molecule has 1 amide bonds. The molecular weight excluding hydrogens is 220 g/mol. The van der Waals surface area contributed by atoms with E-state index in [0.29, 0.717) is 18.3 Å². The van der Waals surface area contributed by atoms with Gasteiger partial charge < -0.3 is 5.32 Å². The van der Waals surface area contributed by atoms with E-state index in [-0.39, 0.29) is 6.03 Å². The summed E-state index contributed by atoms with van der Waals surface area (Å²) in [7, 11) is 0. The van der Waals surface area contributed by atoms with Crippen molar-refractivity contribution in [1.29, 1.82) is 0 Å². The Morgan fingerprint density at radius 1 is 1.41 bits per heavy atom. The lowest BCUT2D eigenvalue weighted by molar-refractivity contribution is 0.238. The molecule has 0 radical (unpaired) electrons. The zero-order valence-corrected chi connectivity index (χ0v) is 9.74. The van der Waals surface area contributed by atoms with E-state index >= 15 is 0 Å². The molecule has 17 heavy (non-hydrogen) atoms. The standard InChI is InChI=1S/C10H14N6O/c1-8(2)5-11-10(17)16-4-3-9(14-16)15-6-12-13-7-15/h3-4,6-8H,5H2,1-2H3,(H,11,17). The summed E-state index contributed by atoms with van der Waals surface area (Å²) in [5, 5.41) is 14.2. The van der Waals surface area contributed by atoms with E-state index in [0.717, 1.165) is 0 Å². The van der Waals surface area contributed by atoms with Gasteiger partial charge in [-0.1, -0.05) is 13.8 Å². The van der Waals surface area contributed by atoms with Gasteiger partial charge in [0.05, 0.1) is 0 Å². The Bertz CT molecular complexity index is 487. The van der Waals surface area contributed by atoms with E-state index in [1.165, 1.54) is 17.3 Å². The Balaban J connectivity index is 2.05. The van der Waals surface area contributed by atoms with Crippen molar-refractivity contribution in [1.82, 2.24) is 29.9 Å². The van der Waals surface area contributed by atoms with Crippen molar-refractivity contribution in [3.63, 3.8) is 0 Å². The van der Waals surface area contributed by atoms with Gasteiger partial charge >= 0.3 is 6.03 Å². The van der Waals surface area contributed by atoms with E-state index in [9.17, 15) is 4.79 Å². The Hall–Kier alpha value is -2.18. The van der Waals surface area contributed by atoms with Crippen LogP contribution >= 0.6 is 0 Å². The van der Waals surface area contributed by atoms with Crippen LogP contribution in [0.5, 0.6) is 0 Å². The van der Waals surface area contributed by atoms with E-state index in [1.54, 1.807) is 16.8 Å². The first kappa shape index (κ1) is 11.3. The van der Waals surface area contributed by atoms with E-state index < -0.39 is 0 Å². The van der Waals surface area contributed by atoms with Crippen LogP contribution in [-0.4, -0.2) is 37.1 Å². The highest BCUT2D eigenvalue weighted by molar-refractivity contribution is 5.75. The largest absolute Gasteiger partial charge is 0.342 e. The van der Waals surface area contributed by atoms with Gasteiger partial charge in [-0.2, -0.15) is 4.68 Å². The topological polar surface area (TPSA) is 77.6 Å². The number of rotatable bonds is 3. The molecule has 0 fully saturated rings. The zero-order chi connectivity index (χ0) is 12.3.